The minimum absolute atomic E-state index is 0.104. The maximum Gasteiger partial charge on any atom is 0.128 e. The first-order valence-corrected chi connectivity index (χ1v) is 6.39. The minimum Gasteiger partial charge on any atom is -0.396 e. The monoisotopic (exact) mass is 237 g/mol. The van der Waals surface area contributed by atoms with Gasteiger partial charge in [0.1, 0.15) is 5.82 Å². The molecule has 1 aliphatic rings. The molecule has 0 spiro atoms. The number of aliphatic hydroxyl groups excluding tert-OH is 1. The Morgan fingerprint density at radius 3 is 2.59 bits per heavy atom. The number of aliphatic hydroxyl groups is 1. The summed E-state index contributed by atoms with van der Waals surface area (Å²) in [6, 6.07) is 7.04. The molecule has 0 saturated heterocycles. The van der Waals surface area contributed by atoms with Crippen LogP contribution in [0, 0.1) is 5.82 Å². The molecule has 1 fully saturated rings. The van der Waals surface area contributed by atoms with E-state index in [1.165, 1.54) is 6.07 Å². The van der Waals surface area contributed by atoms with Crippen molar-refractivity contribution in [2.24, 2.45) is 0 Å². The van der Waals surface area contributed by atoms with E-state index < -0.39 is 0 Å². The van der Waals surface area contributed by atoms with E-state index in [0.29, 0.717) is 0 Å². The third-order valence-corrected chi connectivity index (χ3v) is 3.44. The Morgan fingerprint density at radius 2 is 1.94 bits per heavy atom. The summed E-state index contributed by atoms with van der Waals surface area (Å²) < 4.78 is 13.7. The van der Waals surface area contributed by atoms with Crippen molar-refractivity contribution in [3.8, 4) is 0 Å². The fourth-order valence-electron chi connectivity index (χ4n) is 2.26. The van der Waals surface area contributed by atoms with E-state index >= 15 is 0 Å². The van der Waals surface area contributed by atoms with Crippen LogP contribution in [0.4, 0.5) is 4.39 Å². The van der Waals surface area contributed by atoms with Gasteiger partial charge >= 0.3 is 0 Å². The average molecular weight is 237 g/mol. The molecule has 1 aromatic rings. The van der Waals surface area contributed by atoms with Gasteiger partial charge in [-0.2, -0.15) is 0 Å². The van der Waals surface area contributed by atoms with E-state index in [-0.39, 0.29) is 18.0 Å². The Kier molecular flexibility index (Phi) is 4.13. The zero-order valence-corrected chi connectivity index (χ0v) is 10.1. The van der Waals surface area contributed by atoms with Gasteiger partial charge in [-0.05, 0) is 44.7 Å². The van der Waals surface area contributed by atoms with Gasteiger partial charge in [0.15, 0.2) is 0 Å². The maximum absolute atomic E-state index is 13.7. The van der Waals surface area contributed by atoms with Gasteiger partial charge < -0.3 is 10.4 Å². The fourth-order valence-corrected chi connectivity index (χ4v) is 2.26. The summed E-state index contributed by atoms with van der Waals surface area (Å²) in [4.78, 5) is 0. The van der Waals surface area contributed by atoms with E-state index in [2.05, 4.69) is 5.32 Å². The van der Waals surface area contributed by atoms with Crippen molar-refractivity contribution in [2.45, 2.75) is 37.6 Å². The lowest BCUT2D eigenvalue weighted by Crippen LogP contribution is -2.30. The average Bonchev–Trinajstić information content (AvgIpc) is 3.10. The molecular formula is C14H20FNO. The fraction of sp³-hybridized carbons (Fsp3) is 0.571. The molecule has 0 heterocycles. The van der Waals surface area contributed by atoms with Gasteiger partial charge in [-0.15, -0.1) is 0 Å². The Bertz CT molecular complexity index is 363. The summed E-state index contributed by atoms with van der Waals surface area (Å²) >= 11 is 0. The highest BCUT2D eigenvalue weighted by Gasteiger charge is 2.45. The lowest BCUT2D eigenvalue weighted by Gasteiger charge is -2.18. The molecule has 0 atom stereocenters. The first-order valence-electron chi connectivity index (χ1n) is 6.39. The molecule has 94 valence electrons. The van der Waals surface area contributed by atoms with Crippen LogP contribution in [0.25, 0.3) is 0 Å². The number of halogens is 1. The number of rotatable bonds is 7. The molecule has 1 aromatic carbocycles. The largest absolute Gasteiger partial charge is 0.396 e. The Hall–Kier alpha value is -0.930. The summed E-state index contributed by atoms with van der Waals surface area (Å²) in [5.41, 5.74) is 0.701. The molecule has 1 aliphatic carbocycles. The van der Waals surface area contributed by atoms with E-state index in [0.717, 1.165) is 44.2 Å². The third kappa shape index (κ3) is 3.05. The van der Waals surface area contributed by atoms with Crippen LogP contribution in [0.2, 0.25) is 0 Å². The van der Waals surface area contributed by atoms with Crippen LogP contribution in [-0.2, 0) is 5.54 Å². The molecule has 0 aliphatic heterocycles. The zero-order chi connectivity index (χ0) is 12.1. The second-order valence-electron chi connectivity index (χ2n) is 4.77. The van der Waals surface area contributed by atoms with E-state index in [4.69, 9.17) is 5.11 Å². The number of hydrogen-bond donors (Lipinski definition) is 2. The number of nitrogens with one attached hydrogen (secondary N) is 1. The van der Waals surface area contributed by atoms with Gasteiger partial charge in [0, 0.05) is 17.7 Å². The molecule has 1 saturated carbocycles. The predicted octanol–water partition coefficient (Wildman–Crippen LogP) is 2.57. The molecule has 2 rings (SSSR count). The predicted molar refractivity (Wildman–Crippen MR) is 66.3 cm³/mol. The normalized spacial score (nSPS) is 17.1. The van der Waals surface area contributed by atoms with Crippen LogP contribution < -0.4 is 5.32 Å². The molecule has 2 N–H and O–H groups in total. The standard InChI is InChI=1S/C14H20FNO/c15-13-7-3-2-6-12(13)14(8-9-14)16-10-4-1-5-11-17/h2-3,6-7,16-17H,1,4-5,8-11H2. The van der Waals surface area contributed by atoms with Crippen molar-refractivity contribution in [3.05, 3.63) is 35.6 Å². The SMILES string of the molecule is OCCCCCNC1(c2ccccc2F)CC1. The molecule has 0 bridgehead atoms. The van der Waals surface area contributed by atoms with Gasteiger partial charge in [0.05, 0.1) is 0 Å². The minimum atomic E-state index is -0.107. The summed E-state index contributed by atoms with van der Waals surface area (Å²) in [5.74, 6) is -0.104. The molecule has 3 heteroatoms. The van der Waals surface area contributed by atoms with Gasteiger partial charge in [0.2, 0.25) is 0 Å². The topological polar surface area (TPSA) is 32.3 Å². The number of unbranched alkanes of at least 4 members (excludes halogenated alkanes) is 2. The van der Waals surface area contributed by atoms with Crippen LogP contribution >= 0.6 is 0 Å². The van der Waals surface area contributed by atoms with E-state index in [1.54, 1.807) is 6.07 Å². The maximum atomic E-state index is 13.7. The van der Waals surface area contributed by atoms with Crippen molar-refractivity contribution in [1.82, 2.24) is 5.32 Å². The highest BCUT2D eigenvalue weighted by Crippen LogP contribution is 2.46. The van der Waals surface area contributed by atoms with Crippen LogP contribution in [0.15, 0.2) is 24.3 Å². The van der Waals surface area contributed by atoms with Crippen molar-refractivity contribution in [2.75, 3.05) is 13.2 Å². The Labute approximate surface area is 102 Å². The summed E-state index contributed by atoms with van der Waals surface area (Å²) in [6.45, 7) is 1.16. The zero-order valence-electron chi connectivity index (χ0n) is 10.1. The van der Waals surface area contributed by atoms with Crippen LogP contribution in [0.1, 0.15) is 37.7 Å². The lowest BCUT2D eigenvalue weighted by molar-refractivity contribution is 0.282. The quantitative estimate of drug-likeness (QED) is 0.714. The van der Waals surface area contributed by atoms with Crippen molar-refractivity contribution in [3.63, 3.8) is 0 Å². The molecule has 17 heavy (non-hydrogen) atoms. The number of benzene rings is 1. The van der Waals surface area contributed by atoms with Gasteiger partial charge in [0.25, 0.3) is 0 Å². The summed E-state index contributed by atoms with van der Waals surface area (Å²) in [6.07, 6.45) is 4.96. The Morgan fingerprint density at radius 1 is 1.18 bits per heavy atom. The third-order valence-electron chi connectivity index (χ3n) is 3.44. The molecule has 0 amide bonds. The van der Waals surface area contributed by atoms with Crippen molar-refractivity contribution >= 4 is 0 Å². The molecule has 0 radical (unpaired) electrons. The van der Waals surface area contributed by atoms with E-state index in [1.807, 2.05) is 12.1 Å². The van der Waals surface area contributed by atoms with Crippen LogP contribution in [0.3, 0.4) is 0 Å². The first kappa shape index (κ1) is 12.5. The smallest absolute Gasteiger partial charge is 0.128 e. The van der Waals surface area contributed by atoms with Crippen molar-refractivity contribution < 1.29 is 9.50 Å². The molecular weight excluding hydrogens is 217 g/mol. The number of hydrogen-bond acceptors (Lipinski definition) is 2. The highest BCUT2D eigenvalue weighted by molar-refractivity contribution is 5.31. The van der Waals surface area contributed by atoms with Gasteiger partial charge in [-0.25, -0.2) is 4.39 Å². The Balaban J connectivity index is 1.86. The first-order chi connectivity index (χ1) is 8.28. The molecule has 0 unspecified atom stereocenters. The summed E-state index contributed by atoms with van der Waals surface area (Å²) in [5, 5.41) is 12.1. The van der Waals surface area contributed by atoms with E-state index in [9.17, 15) is 4.39 Å². The lowest BCUT2D eigenvalue weighted by atomic mass is 10.0. The molecule has 0 aromatic heterocycles. The van der Waals surface area contributed by atoms with Crippen LogP contribution in [-0.4, -0.2) is 18.3 Å². The summed E-state index contributed by atoms with van der Waals surface area (Å²) in [7, 11) is 0. The van der Waals surface area contributed by atoms with Crippen molar-refractivity contribution in [1.29, 1.82) is 0 Å². The second kappa shape index (κ2) is 5.61. The van der Waals surface area contributed by atoms with Crippen LogP contribution in [0.5, 0.6) is 0 Å². The second-order valence-corrected chi connectivity index (χ2v) is 4.77. The van der Waals surface area contributed by atoms with Gasteiger partial charge in [-0.3, -0.25) is 0 Å². The molecule has 2 nitrogen and oxygen atoms in total. The highest BCUT2D eigenvalue weighted by atomic mass is 19.1. The van der Waals surface area contributed by atoms with Gasteiger partial charge in [-0.1, -0.05) is 18.2 Å².